The Labute approximate surface area is 135 Å². The van der Waals surface area contributed by atoms with Crippen molar-refractivity contribution in [2.45, 2.75) is 19.8 Å². The van der Waals surface area contributed by atoms with Gasteiger partial charge in [-0.2, -0.15) is 0 Å². The van der Waals surface area contributed by atoms with Crippen LogP contribution in [-0.2, 0) is 0 Å². The van der Waals surface area contributed by atoms with Crippen molar-refractivity contribution in [3.8, 4) is 5.69 Å². The lowest BCUT2D eigenvalue weighted by Crippen LogP contribution is -2.33. The van der Waals surface area contributed by atoms with Crippen LogP contribution in [0.5, 0.6) is 0 Å². The van der Waals surface area contributed by atoms with E-state index in [1.807, 2.05) is 35.0 Å². The van der Waals surface area contributed by atoms with Crippen LogP contribution in [0, 0.1) is 5.92 Å². The molecule has 1 aliphatic heterocycles. The molecule has 3 aromatic rings. The third-order valence-corrected chi connectivity index (χ3v) is 4.73. The molecule has 1 saturated heterocycles. The second-order valence-electron chi connectivity index (χ2n) is 6.40. The molecular formula is C18H21N5. The van der Waals surface area contributed by atoms with Gasteiger partial charge in [0.1, 0.15) is 5.52 Å². The number of anilines is 2. The predicted molar refractivity (Wildman–Crippen MR) is 93.9 cm³/mol. The van der Waals surface area contributed by atoms with E-state index in [2.05, 4.69) is 34.3 Å². The summed E-state index contributed by atoms with van der Waals surface area (Å²) in [6.45, 7) is 4.48. The highest BCUT2D eigenvalue weighted by molar-refractivity contribution is 5.77. The van der Waals surface area contributed by atoms with Gasteiger partial charge in [-0.05, 0) is 49.1 Å². The van der Waals surface area contributed by atoms with Gasteiger partial charge in [0.15, 0.2) is 0 Å². The number of rotatable bonds is 2. The van der Waals surface area contributed by atoms with Crippen LogP contribution in [0.2, 0.25) is 0 Å². The van der Waals surface area contributed by atoms with E-state index in [1.54, 1.807) is 0 Å². The number of nitrogens with two attached hydrogens (primary N) is 1. The second kappa shape index (κ2) is 5.57. The number of aromatic nitrogens is 3. The van der Waals surface area contributed by atoms with Crippen LogP contribution in [0.1, 0.15) is 19.8 Å². The van der Waals surface area contributed by atoms with Crippen LogP contribution in [0.4, 0.5) is 11.4 Å². The molecule has 2 N–H and O–H groups in total. The zero-order valence-electron chi connectivity index (χ0n) is 13.3. The first-order valence-electron chi connectivity index (χ1n) is 8.17. The van der Waals surface area contributed by atoms with Crippen LogP contribution in [0.3, 0.4) is 0 Å². The van der Waals surface area contributed by atoms with E-state index >= 15 is 0 Å². The maximum atomic E-state index is 6.33. The van der Waals surface area contributed by atoms with Crippen molar-refractivity contribution in [2.75, 3.05) is 23.7 Å². The van der Waals surface area contributed by atoms with Crippen LogP contribution >= 0.6 is 0 Å². The largest absolute Gasteiger partial charge is 0.397 e. The molecule has 23 heavy (non-hydrogen) atoms. The van der Waals surface area contributed by atoms with Crippen molar-refractivity contribution in [3.63, 3.8) is 0 Å². The molecule has 2 aromatic carbocycles. The second-order valence-corrected chi connectivity index (χ2v) is 6.40. The van der Waals surface area contributed by atoms with Gasteiger partial charge in [0.2, 0.25) is 0 Å². The topological polar surface area (TPSA) is 60.0 Å². The lowest BCUT2D eigenvalue weighted by molar-refractivity contribution is 0.438. The van der Waals surface area contributed by atoms with Gasteiger partial charge < -0.3 is 10.6 Å². The number of hydrogen-bond donors (Lipinski definition) is 1. The molecule has 0 unspecified atom stereocenters. The number of nitrogens with zero attached hydrogens (tertiary/aromatic N) is 4. The average Bonchev–Trinajstić information content (AvgIpc) is 3.00. The number of piperidine rings is 1. The summed E-state index contributed by atoms with van der Waals surface area (Å²) in [6, 6.07) is 14.1. The third-order valence-electron chi connectivity index (χ3n) is 4.73. The highest BCUT2D eigenvalue weighted by Crippen LogP contribution is 2.30. The van der Waals surface area contributed by atoms with Gasteiger partial charge in [0.25, 0.3) is 0 Å². The van der Waals surface area contributed by atoms with E-state index in [9.17, 15) is 0 Å². The van der Waals surface area contributed by atoms with Crippen molar-refractivity contribution < 1.29 is 0 Å². The van der Waals surface area contributed by atoms with Crippen molar-refractivity contribution in [1.82, 2.24) is 15.0 Å². The van der Waals surface area contributed by atoms with Gasteiger partial charge in [-0.1, -0.05) is 24.3 Å². The molecule has 0 bridgehead atoms. The SMILES string of the molecule is CC1CCN(c2ccc(-n3nnc4ccccc43)cc2N)CC1. The molecule has 0 saturated carbocycles. The molecule has 4 rings (SSSR count). The first-order chi connectivity index (χ1) is 11.2. The van der Waals surface area contributed by atoms with Crippen LogP contribution < -0.4 is 10.6 Å². The van der Waals surface area contributed by atoms with E-state index in [0.29, 0.717) is 0 Å². The molecule has 0 spiro atoms. The lowest BCUT2D eigenvalue weighted by atomic mass is 9.98. The van der Waals surface area contributed by atoms with E-state index < -0.39 is 0 Å². The normalized spacial score (nSPS) is 16.1. The van der Waals surface area contributed by atoms with Gasteiger partial charge in [0.05, 0.1) is 22.6 Å². The smallest absolute Gasteiger partial charge is 0.113 e. The number of nitrogen functional groups attached to an aromatic ring is 1. The Bertz CT molecular complexity index is 830. The highest BCUT2D eigenvalue weighted by Gasteiger charge is 2.18. The van der Waals surface area contributed by atoms with Gasteiger partial charge >= 0.3 is 0 Å². The zero-order valence-corrected chi connectivity index (χ0v) is 13.3. The number of fused-ring (bicyclic) bond motifs is 1. The quantitative estimate of drug-likeness (QED) is 0.738. The summed E-state index contributed by atoms with van der Waals surface area (Å²) in [5, 5.41) is 8.46. The van der Waals surface area contributed by atoms with Gasteiger partial charge in [0, 0.05) is 13.1 Å². The van der Waals surface area contributed by atoms with Crippen molar-refractivity contribution >= 4 is 22.4 Å². The summed E-state index contributed by atoms with van der Waals surface area (Å²) in [6.07, 6.45) is 2.46. The minimum atomic E-state index is 0.802. The summed E-state index contributed by atoms with van der Waals surface area (Å²) in [5.74, 6) is 0.813. The number of hydrogen-bond acceptors (Lipinski definition) is 4. The molecule has 0 aliphatic carbocycles. The van der Waals surface area contributed by atoms with Crippen LogP contribution in [-0.4, -0.2) is 28.1 Å². The predicted octanol–water partition coefficient (Wildman–Crippen LogP) is 3.24. The van der Waals surface area contributed by atoms with Crippen molar-refractivity contribution in [2.24, 2.45) is 5.92 Å². The Morgan fingerprint density at radius 2 is 1.87 bits per heavy atom. The average molecular weight is 307 g/mol. The molecule has 1 aromatic heterocycles. The number of para-hydroxylation sites is 1. The van der Waals surface area contributed by atoms with E-state index in [0.717, 1.165) is 47.1 Å². The van der Waals surface area contributed by atoms with Gasteiger partial charge in [-0.3, -0.25) is 0 Å². The first-order valence-corrected chi connectivity index (χ1v) is 8.17. The molecule has 0 amide bonds. The van der Waals surface area contributed by atoms with E-state index in [1.165, 1.54) is 12.8 Å². The van der Waals surface area contributed by atoms with Crippen molar-refractivity contribution in [3.05, 3.63) is 42.5 Å². The van der Waals surface area contributed by atoms with Gasteiger partial charge in [-0.15, -0.1) is 5.10 Å². The fraction of sp³-hybridized carbons (Fsp3) is 0.333. The minimum Gasteiger partial charge on any atom is -0.397 e. The van der Waals surface area contributed by atoms with Crippen LogP contribution in [0.15, 0.2) is 42.5 Å². The highest BCUT2D eigenvalue weighted by atomic mass is 15.4. The molecule has 5 nitrogen and oxygen atoms in total. The molecular weight excluding hydrogens is 286 g/mol. The molecule has 118 valence electrons. The Balaban J connectivity index is 1.68. The Morgan fingerprint density at radius 3 is 2.65 bits per heavy atom. The Morgan fingerprint density at radius 1 is 1.09 bits per heavy atom. The summed E-state index contributed by atoms with van der Waals surface area (Å²) >= 11 is 0. The standard InChI is InChI=1S/C18H21N5/c1-13-8-10-22(11-9-13)17-7-6-14(12-15(17)19)23-18-5-3-2-4-16(18)20-21-23/h2-7,12-13H,8-11,19H2,1H3. The lowest BCUT2D eigenvalue weighted by Gasteiger charge is -2.33. The maximum Gasteiger partial charge on any atom is 0.113 e. The molecule has 2 heterocycles. The fourth-order valence-electron chi connectivity index (χ4n) is 3.27. The van der Waals surface area contributed by atoms with Gasteiger partial charge in [-0.25, -0.2) is 4.68 Å². The zero-order chi connectivity index (χ0) is 15.8. The summed E-state index contributed by atoms with van der Waals surface area (Å²) in [5.41, 5.74) is 11.1. The van der Waals surface area contributed by atoms with E-state index in [4.69, 9.17) is 5.73 Å². The maximum absolute atomic E-state index is 6.33. The molecule has 0 atom stereocenters. The summed E-state index contributed by atoms with van der Waals surface area (Å²) in [4.78, 5) is 2.39. The number of benzene rings is 2. The summed E-state index contributed by atoms with van der Waals surface area (Å²) in [7, 11) is 0. The monoisotopic (exact) mass is 307 g/mol. The Kier molecular flexibility index (Phi) is 3.41. The molecule has 0 radical (unpaired) electrons. The van der Waals surface area contributed by atoms with Crippen LogP contribution in [0.25, 0.3) is 16.7 Å². The third kappa shape index (κ3) is 2.52. The van der Waals surface area contributed by atoms with E-state index in [-0.39, 0.29) is 0 Å². The molecule has 1 fully saturated rings. The first kappa shape index (κ1) is 14.1. The van der Waals surface area contributed by atoms with Crippen molar-refractivity contribution in [1.29, 1.82) is 0 Å². The summed E-state index contributed by atoms with van der Waals surface area (Å²) < 4.78 is 1.84. The minimum absolute atomic E-state index is 0.802. The fourth-order valence-corrected chi connectivity index (χ4v) is 3.27. The Hall–Kier alpha value is -2.56. The molecule has 5 heteroatoms. The molecule has 1 aliphatic rings.